The number of hydrogen-bond acceptors (Lipinski definition) is 7. The number of carbonyl (C=O) groups is 4. The van der Waals surface area contributed by atoms with Crippen molar-refractivity contribution in [1.82, 2.24) is 10.6 Å². The molecule has 1 saturated heterocycles. The molecule has 1 rings (SSSR count). The molecule has 23 heavy (non-hydrogen) atoms. The van der Waals surface area contributed by atoms with Crippen LogP contribution in [0.15, 0.2) is 0 Å². The van der Waals surface area contributed by atoms with E-state index >= 15 is 0 Å². The van der Waals surface area contributed by atoms with Crippen molar-refractivity contribution in [2.75, 3.05) is 7.11 Å². The molecule has 2 unspecified atom stereocenters. The Kier molecular flexibility index (Phi) is 5.83. The molecule has 0 bridgehead atoms. The smallest absolute Gasteiger partial charge is 0.408 e. The summed E-state index contributed by atoms with van der Waals surface area (Å²) in [5, 5.41) is 12.3. The molecule has 0 saturated carbocycles. The number of ether oxygens (including phenoxy) is 2. The Morgan fingerprint density at radius 2 is 1.91 bits per heavy atom. The van der Waals surface area contributed by atoms with Crippen LogP contribution in [0, 0.1) is 5.41 Å². The summed E-state index contributed by atoms with van der Waals surface area (Å²) in [6.07, 6.45) is -0.661. The van der Waals surface area contributed by atoms with E-state index in [9.17, 15) is 19.2 Å². The van der Waals surface area contributed by atoms with E-state index in [0.717, 1.165) is 7.11 Å². The summed E-state index contributed by atoms with van der Waals surface area (Å²) in [5.74, 6) is -2.07. The third kappa shape index (κ3) is 5.35. The van der Waals surface area contributed by atoms with Crippen molar-refractivity contribution in [3.63, 3.8) is 0 Å². The number of carbonyl (C=O) groups excluding carboxylic acids is 4. The van der Waals surface area contributed by atoms with Crippen molar-refractivity contribution >= 4 is 29.5 Å². The highest BCUT2D eigenvalue weighted by Gasteiger charge is 2.41. The number of rotatable bonds is 6. The molecule has 0 aliphatic carbocycles. The van der Waals surface area contributed by atoms with E-state index < -0.39 is 41.2 Å². The van der Waals surface area contributed by atoms with E-state index in [4.69, 9.17) is 10.1 Å². The molecule has 9 heteroatoms. The fraction of sp³-hybridized carbons (Fsp3) is 0.643. The highest BCUT2D eigenvalue weighted by molar-refractivity contribution is 6.63. The summed E-state index contributed by atoms with van der Waals surface area (Å²) in [4.78, 5) is 45.8. The number of alkyl carbamates (subject to hydrolysis) is 1. The summed E-state index contributed by atoms with van der Waals surface area (Å²) in [6, 6.07) is -1.26. The largest absolute Gasteiger partial charge is 0.464 e. The molecule has 3 N–H and O–H groups in total. The van der Waals surface area contributed by atoms with Crippen molar-refractivity contribution in [1.29, 1.82) is 5.41 Å². The molecule has 0 radical (unpaired) electrons. The fourth-order valence-electron chi connectivity index (χ4n) is 1.91. The van der Waals surface area contributed by atoms with Crippen LogP contribution < -0.4 is 10.6 Å². The summed E-state index contributed by atoms with van der Waals surface area (Å²) >= 11 is 0. The van der Waals surface area contributed by atoms with Crippen LogP contribution in [-0.4, -0.2) is 54.3 Å². The summed E-state index contributed by atoms with van der Waals surface area (Å²) in [5.41, 5.74) is -1.43. The third-order valence-electron chi connectivity index (χ3n) is 3.04. The van der Waals surface area contributed by atoms with Gasteiger partial charge in [0, 0.05) is 6.42 Å². The highest BCUT2D eigenvalue weighted by atomic mass is 16.6. The van der Waals surface area contributed by atoms with Gasteiger partial charge >= 0.3 is 12.1 Å². The van der Waals surface area contributed by atoms with Crippen LogP contribution in [0.5, 0.6) is 0 Å². The predicted octanol–water partition coefficient (Wildman–Crippen LogP) is -0.0798. The fourth-order valence-corrected chi connectivity index (χ4v) is 1.91. The van der Waals surface area contributed by atoms with Crippen LogP contribution in [0.2, 0.25) is 0 Å². The lowest BCUT2D eigenvalue weighted by Gasteiger charge is -2.37. The lowest BCUT2D eigenvalue weighted by atomic mass is 9.93. The molecule has 0 aromatic rings. The van der Waals surface area contributed by atoms with Crippen molar-refractivity contribution in [2.45, 2.75) is 51.3 Å². The molecule has 1 fully saturated rings. The van der Waals surface area contributed by atoms with Crippen molar-refractivity contribution in [2.24, 2.45) is 0 Å². The molecule has 2 atom stereocenters. The predicted molar refractivity (Wildman–Crippen MR) is 79.1 cm³/mol. The molecule has 128 valence electrons. The second-order valence-electron chi connectivity index (χ2n) is 6.07. The van der Waals surface area contributed by atoms with Gasteiger partial charge < -0.3 is 20.1 Å². The van der Waals surface area contributed by atoms with Gasteiger partial charge in [-0.2, -0.15) is 0 Å². The lowest BCUT2D eigenvalue weighted by Crippen LogP contribution is -2.69. The van der Waals surface area contributed by atoms with Gasteiger partial charge in [0.2, 0.25) is 5.91 Å². The number of hydrogen-bond donors (Lipinski definition) is 3. The zero-order valence-electron chi connectivity index (χ0n) is 13.5. The molecule has 1 aliphatic rings. The van der Waals surface area contributed by atoms with Crippen LogP contribution in [-0.2, 0) is 23.9 Å². The number of Topliss-reactive ketones (excluding diaryl/α,β-unsaturated/α-hetero) is 1. The van der Waals surface area contributed by atoms with Gasteiger partial charge in [-0.15, -0.1) is 0 Å². The normalized spacial score (nSPS) is 19.9. The van der Waals surface area contributed by atoms with Crippen molar-refractivity contribution in [3.05, 3.63) is 0 Å². The van der Waals surface area contributed by atoms with E-state index in [1.54, 1.807) is 20.8 Å². The SMILES string of the molecule is COC(=O)C(=N)C(=O)CCC1NC(=O)C1NC(=O)OC(C)(C)C. The Morgan fingerprint density at radius 3 is 2.39 bits per heavy atom. The van der Waals surface area contributed by atoms with Crippen LogP contribution in [0.4, 0.5) is 4.79 Å². The van der Waals surface area contributed by atoms with Gasteiger partial charge in [-0.25, -0.2) is 9.59 Å². The molecular weight excluding hydrogens is 306 g/mol. The van der Waals surface area contributed by atoms with Crippen molar-refractivity contribution < 1.29 is 28.7 Å². The molecule has 0 spiro atoms. The van der Waals surface area contributed by atoms with Gasteiger partial charge in [-0.3, -0.25) is 15.0 Å². The number of esters is 1. The van der Waals surface area contributed by atoms with Gasteiger partial charge in [-0.1, -0.05) is 0 Å². The van der Waals surface area contributed by atoms with Crippen LogP contribution in [0.25, 0.3) is 0 Å². The summed E-state index contributed by atoms with van der Waals surface area (Å²) in [6.45, 7) is 5.09. The minimum atomic E-state index is -1.00. The van der Waals surface area contributed by atoms with Crippen molar-refractivity contribution in [3.8, 4) is 0 Å². The Balaban J connectivity index is 2.48. The second kappa shape index (κ2) is 7.21. The average Bonchev–Trinajstić information content (AvgIpc) is 2.45. The van der Waals surface area contributed by atoms with Gasteiger partial charge in [-0.05, 0) is 27.2 Å². The highest BCUT2D eigenvalue weighted by Crippen LogP contribution is 2.14. The van der Waals surface area contributed by atoms with Crippen LogP contribution >= 0.6 is 0 Å². The van der Waals surface area contributed by atoms with Gasteiger partial charge in [0.15, 0.2) is 11.5 Å². The first-order chi connectivity index (χ1) is 10.5. The van der Waals surface area contributed by atoms with Gasteiger partial charge in [0.1, 0.15) is 11.6 Å². The van der Waals surface area contributed by atoms with E-state index in [1.165, 1.54) is 0 Å². The Morgan fingerprint density at radius 1 is 1.30 bits per heavy atom. The number of ketones is 1. The maximum atomic E-state index is 11.7. The average molecular weight is 327 g/mol. The lowest BCUT2D eigenvalue weighted by molar-refractivity contribution is -0.134. The Bertz CT molecular complexity index is 537. The molecular formula is C14H21N3O6. The standard InChI is InChI=1S/C14H21N3O6/c1-14(2,3)23-13(21)17-10-7(16-11(10)19)5-6-8(18)9(15)12(20)22-4/h7,10,15H,5-6H2,1-4H3,(H,16,19)(H,17,21). The van der Waals surface area contributed by atoms with E-state index in [2.05, 4.69) is 15.4 Å². The topological polar surface area (TPSA) is 135 Å². The first-order valence-electron chi connectivity index (χ1n) is 7.05. The first kappa shape index (κ1) is 18.6. The Hall–Kier alpha value is -2.45. The first-order valence-corrected chi connectivity index (χ1v) is 7.05. The number of β-lactam (4-membered cyclic amide) rings is 1. The molecule has 1 aliphatic heterocycles. The molecule has 1 heterocycles. The summed E-state index contributed by atoms with van der Waals surface area (Å²) < 4.78 is 9.35. The zero-order valence-corrected chi connectivity index (χ0v) is 13.5. The van der Waals surface area contributed by atoms with E-state index in [1.807, 2.05) is 0 Å². The number of methoxy groups -OCH3 is 1. The van der Waals surface area contributed by atoms with Crippen LogP contribution in [0.3, 0.4) is 0 Å². The Labute approximate surface area is 133 Å². The second-order valence-corrected chi connectivity index (χ2v) is 6.07. The molecule has 9 nitrogen and oxygen atoms in total. The molecule has 0 aromatic heterocycles. The van der Waals surface area contributed by atoms with Crippen LogP contribution in [0.1, 0.15) is 33.6 Å². The minimum Gasteiger partial charge on any atom is -0.464 e. The van der Waals surface area contributed by atoms with E-state index in [0.29, 0.717) is 0 Å². The number of nitrogens with one attached hydrogen (secondary N) is 3. The zero-order chi connectivity index (χ0) is 17.8. The third-order valence-corrected chi connectivity index (χ3v) is 3.04. The maximum Gasteiger partial charge on any atom is 0.408 e. The minimum absolute atomic E-state index is 0.120. The van der Waals surface area contributed by atoms with E-state index in [-0.39, 0.29) is 18.7 Å². The number of amides is 2. The monoisotopic (exact) mass is 327 g/mol. The molecule has 2 amide bonds. The van der Waals surface area contributed by atoms with Gasteiger partial charge in [0.25, 0.3) is 0 Å². The maximum absolute atomic E-state index is 11.7. The summed E-state index contributed by atoms with van der Waals surface area (Å²) in [7, 11) is 1.08. The van der Waals surface area contributed by atoms with Gasteiger partial charge in [0.05, 0.1) is 13.2 Å². The molecule has 0 aromatic carbocycles. The quantitative estimate of drug-likeness (QED) is 0.270.